The van der Waals surface area contributed by atoms with E-state index in [-0.39, 0.29) is 11.5 Å². The smallest absolute Gasteiger partial charge is 0.339 e. The number of rotatable bonds is 3. The van der Waals surface area contributed by atoms with Crippen molar-refractivity contribution in [1.29, 1.82) is 0 Å². The average Bonchev–Trinajstić information content (AvgIpc) is 2.94. The monoisotopic (exact) mass is 362 g/mol. The minimum absolute atomic E-state index is 0.0712. The molecule has 4 rings (SSSR count). The van der Waals surface area contributed by atoms with Gasteiger partial charge in [0.25, 0.3) is 5.91 Å². The minimum Gasteiger partial charge on any atom is -0.497 e. The summed E-state index contributed by atoms with van der Waals surface area (Å²) in [6, 6.07) is 14.5. The van der Waals surface area contributed by atoms with Gasteiger partial charge in [0.05, 0.1) is 18.4 Å². The van der Waals surface area contributed by atoms with E-state index in [9.17, 15) is 14.7 Å². The number of carbonyl (C=O) groups is 2. The molecule has 0 unspecified atom stereocenters. The Bertz CT molecular complexity index is 1070. The molecule has 2 N–H and O–H groups in total. The van der Waals surface area contributed by atoms with Crippen molar-refractivity contribution in [2.24, 2.45) is 0 Å². The lowest BCUT2D eigenvalue weighted by Gasteiger charge is -2.17. The van der Waals surface area contributed by atoms with Crippen LogP contribution in [-0.4, -0.2) is 40.5 Å². The number of fused-ring (bicyclic) bond motifs is 3. The average molecular weight is 362 g/mol. The first kappa shape index (κ1) is 16.9. The van der Waals surface area contributed by atoms with E-state index in [0.29, 0.717) is 30.0 Å². The van der Waals surface area contributed by atoms with E-state index < -0.39 is 5.97 Å². The predicted molar refractivity (Wildman–Crippen MR) is 102 cm³/mol. The number of carboxylic acid groups (broad SMARTS) is 1. The van der Waals surface area contributed by atoms with Crippen LogP contribution < -0.4 is 4.74 Å². The van der Waals surface area contributed by atoms with Gasteiger partial charge in [-0.05, 0) is 36.2 Å². The number of hydrogen-bond acceptors (Lipinski definition) is 3. The standard InChI is InChI=1S/C21H18N2O4/c1-27-14-7-8-15-16-9-10-23(20(24)13-5-3-2-4-6-13)12-17(21(25)26)19(16)22-18(15)11-14/h2-8,11-12,22H,9-10H2,1H3,(H,25,26). The summed E-state index contributed by atoms with van der Waals surface area (Å²) in [4.78, 5) is 29.4. The third kappa shape index (κ3) is 2.95. The molecular weight excluding hydrogens is 344 g/mol. The molecule has 0 bridgehead atoms. The summed E-state index contributed by atoms with van der Waals surface area (Å²) in [6.07, 6.45) is 1.98. The van der Waals surface area contributed by atoms with Crippen LogP contribution in [0, 0.1) is 0 Å². The van der Waals surface area contributed by atoms with Crippen LogP contribution in [0.3, 0.4) is 0 Å². The highest BCUT2D eigenvalue weighted by Crippen LogP contribution is 2.33. The van der Waals surface area contributed by atoms with Gasteiger partial charge in [0, 0.05) is 35.3 Å². The highest BCUT2D eigenvalue weighted by molar-refractivity contribution is 6.17. The van der Waals surface area contributed by atoms with Gasteiger partial charge in [-0.15, -0.1) is 0 Å². The maximum absolute atomic E-state index is 12.8. The van der Waals surface area contributed by atoms with Crippen molar-refractivity contribution in [2.75, 3.05) is 13.7 Å². The molecule has 27 heavy (non-hydrogen) atoms. The Balaban J connectivity index is 1.80. The van der Waals surface area contributed by atoms with Crippen molar-refractivity contribution in [1.82, 2.24) is 9.88 Å². The lowest BCUT2D eigenvalue weighted by Crippen LogP contribution is -2.27. The molecule has 2 aromatic carbocycles. The second kappa shape index (κ2) is 6.64. The quantitative estimate of drug-likeness (QED) is 0.749. The van der Waals surface area contributed by atoms with Gasteiger partial charge < -0.3 is 19.7 Å². The zero-order valence-electron chi connectivity index (χ0n) is 14.7. The number of benzene rings is 2. The van der Waals surface area contributed by atoms with Crippen molar-refractivity contribution >= 4 is 28.4 Å². The van der Waals surface area contributed by atoms with Crippen LogP contribution in [-0.2, 0) is 11.2 Å². The molecule has 0 atom stereocenters. The number of H-pyrrole nitrogens is 1. The first-order valence-corrected chi connectivity index (χ1v) is 8.58. The van der Waals surface area contributed by atoms with Crippen LogP contribution in [0.5, 0.6) is 5.75 Å². The van der Waals surface area contributed by atoms with Crippen LogP contribution in [0.15, 0.2) is 54.7 Å². The van der Waals surface area contributed by atoms with E-state index in [0.717, 1.165) is 16.5 Å². The number of aliphatic carboxylic acids is 1. The molecule has 0 radical (unpaired) electrons. The molecule has 6 nitrogen and oxygen atoms in total. The molecule has 1 amide bonds. The fraction of sp³-hybridized carbons (Fsp3) is 0.143. The van der Waals surface area contributed by atoms with E-state index >= 15 is 0 Å². The van der Waals surface area contributed by atoms with Gasteiger partial charge in [-0.25, -0.2) is 4.79 Å². The van der Waals surface area contributed by atoms with Gasteiger partial charge >= 0.3 is 5.97 Å². The minimum atomic E-state index is -1.08. The largest absolute Gasteiger partial charge is 0.497 e. The summed E-state index contributed by atoms with van der Waals surface area (Å²) in [7, 11) is 1.59. The van der Waals surface area contributed by atoms with Gasteiger partial charge in [0.15, 0.2) is 0 Å². The Morgan fingerprint density at radius 2 is 1.93 bits per heavy atom. The van der Waals surface area contributed by atoms with Crippen LogP contribution in [0.4, 0.5) is 0 Å². The summed E-state index contributed by atoms with van der Waals surface area (Å²) in [5, 5.41) is 10.7. The molecule has 0 saturated carbocycles. The number of aromatic nitrogens is 1. The summed E-state index contributed by atoms with van der Waals surface area (Å²) in [6.45, 7) is 0.399. The number of aromatic amines is 1. The van der Waals surface area contributed by atoms with E-state index in [1.807, 2.05) is 24.3 Å². The Hall–Kier alpha value is -3.54. The summed E-state index contributed by atoms with van der Waals surface area (Å²) in [5.74, 6) is -0.603. The predicted octanol–water partition coefficient (Wildman–Crippen LogP) is 3.30. The van der Waals surface area contributed by atoms with E-state index in [1.54, 1.807) is 31.4 Å². The second-order valence-electron chi connectivity index (χ2n) is 6.35. The molecule has 6 heteroatoms. The first-order chi connectivity index (χ1) is 13.1. The molecule has 3 aromatic rings. The van der Waals surface area contributed by atoms with E-state index in [1.165, 1.54) is 11.1 Å². The summed E-state index contributed by atoms with van der Waals surface area (Å²) in [5.41, 5.74) is 2.84. The Kier molecular flexibility index (Phi) is 4.16. The van der Waals surface area contributed by atoms with Gasteiger partial charge in [0.2, 0.25) is 0 Å². The zero-order chi connectivity index (χ0) is 19.0. The van der Waals surface area contributed by atoms with Crippen molar-refractivity contribution in [2.45, 2.75) is 6.42 Å². The highest BCUT2D eigenvalue weighted by atomic mass is 16.5. The number of methoxy groups -OCH3 is 1. The van der Waals surface area contributed by atoms with Gasteiger partial charge in [-0.1, -0.05) is 18.2 Å². The number of carboxylic acids is 1. The van der Waals surface area contributed by atoms with Crippen molar-refractivity contribution in [3.8, 4) is 5.75 Å². The molecule has 2 heterocycles. The van der Waals surface area contributed by atoms with Crippen molar-refractivity contribution in [3.05, 3.63) is 71.6 Å². The van der Waals surface area contributed by atoms with Crippen LogP contribution in [0.1, 0.15) is 21.6 Å². The Morgan fingerprint density at radius 3 is 2.63 bits per heavy atom. The maximum atomic E-state index is 12.8. The third-order valence-electron chi connectivity index (χ3n) is 4.78. The molecule has 0 aliphatic carbocycles. The molecule has 1 aromatic heterocycles. The van der Waals surface area contributed by atoms with Gasteiger partial charge in [-0.3, -0.25) is 4.79 Å². The van der Waals surface area contributed by atoms with Crippen LogP contribution in [0.25, 0.3) is 16.5 Å². The number of nitrogens with one attached hydrogen (secondary N) is 1. The maximum Gasteiger partial charge on any atom is 0.339 e. The highest BCUT2D eigenvalue weighted by Gasteiger charge is 2.26. The molecule has 0 fully saturated rings. The Morgan fingerprint density at radius 1 is 1.15 bits per heavy atom. The number of hydrogen-bond donors (Lipinski definition) is 2. The summed E-state index contributed by atoms with van der Waals surface area (Å²) < 4.78 is 5.25. The third-order valence-corrected chi connectivity index (χ3v) is 4.78. The Labute approximate surface area is 155 Å². The molecule has 1 aliphatic rings. The normalized spacial score (nSPS) is 13.7. The lowest BCUT2D eigenvalue weighted by atomic mass is 10.0. The van der Waals surface area contributed by atoms with E-state index in [4.69, 9.17) is 4.74 Å². The van der Waals surface area contributed by atoms with Crippen molar-refractivity contribution in [3.63, 3.8) is 0 Å². The summed E-state index contributed by atoms with van der Waals surface area (Å²) >= 11 is 0. The zero-order valence-corrected chi connectivity index (χ0v) is 14.7. The van der Waals surface area contributed by atoms with Crippen LogP contribution >= 0.6 is 0 Å². The molecule has 0 spiro atoms. The first-order valence-electron chi connectivity index (χ1n) is 8.58. The molecular formula is C21H18N2O4. The molecule has 0 saturated heterocycles. The topological polar surface area (TPSA) is 82.6 Å². The lowest BCUT2D eigenvalue weighted by molar-refractivity contribution is -0.130. The van der Waals surface area contributed by atoms with Gasteiger partial charge in [-0.2, -0.15) is 0 Å². The fourth-order valence-corrected chi connectivity index (χ4v) is 3.44. The van der Waals surface area contributed by atoms with E-state index in [2.05, 4.69) is 4.98 Å². The fourth-order valence-electron chi connectivity index (χ4n) is 3.44. The molecule has 136 valence electrons. The van der Waals surface area contributed by atoms with Crippen molar-refractivity contribution < 1.29 is 19.4 Å². The number of nitrogens with zero attached hydrogens (tertiary/aromatic N) is 1. The second-order valence-corrected chi connectivity index (χ2v) is 6.35. The number of carbonyl (C=O) groups excluding carboxylic acids is 1. The number of amides is 1. The van der Waals surface area contributed by atoms with Gasteiger partial charge in [0.1, 0.15) is 5.75 Å². The number of ether oxygens (including phenoxy) is 1. The molecule has 1 aliphatic heterocycles. The van der Waals surface area contributed by atoms with Crippen LogP contribution in [0.2, 0.25) is 0 Å². The SMILES string of the molecule is COc1ccc2c3c([nH]c2c1)C(C(=O)O)=CN(C(=O)c1ccccc1)CC3.